The van der Waals surface area contributed by atoms with Gasteiger partial charge in [-0.3, -0.25) is 4.79 Å². The Kier molecular flexibility index (Phi) is 26.2. The smallest absolute Gasteiger partial charge is 0.337 e. The van der Waals surface area contributed by atoms with Crippen molar-refractivity contribution in [1.29, 1.82) is 0 Å². The maximum Gasteiger partial charge on any atom is 0.337 e. The number of aliphatic hydroxyl groups is 2. The summed E-state index contributed by atoms with van der Waals surface area (Å²) in [6.07, 6.45) is 29.5. The fraction of sp³-hybridized carbons (Fsp3) is 0.843. The molecular weight excluding hydrogens is 739 g/mol. The number of nitrogens with one attached hydrogen (secondary N) is 1. The summed E-state index contributed by atoms with van der Waals surface area (Å²) in [5, 5.41) is 23.0. The summed E-state index contributed by atoms with van der Waals surface area (Å²) < 4.78 is 18.4. The molecule has 1 aromatic rings. The third-order valence-corrected chi connectivity index (χ3v) is 13.2. The molecular formula is C51H91NO7. The van der Waals surface area contributed by atoms with Gasteiger partial charge in [0, 0.05) is 12.0 Å². The Balaban J connectivity index is 1.76. The first-order chi connectivity index (χ1) is 28.2. The van der Waals surface area contributed by atoms with E-state index in [1.165, 1.54) is 109 Å². The largest absolute Gasteiger partial charge is 0.487 e. The third-order valence-electron chi connectivity index (χ3n) is 13.2. The van der Waals surface area contributed by atoms with Gasteiger partial charge >= 0.3 is 5.97 Å². The molecule has 8 heteroatoms. The summed E-state index contributed by atoms with van der Waals surface area (Å²) in [5.74, 6) is 3.01. The summed E-state index contributed by atoms with van der Waals surface area (Å²) >= 11 is 0. The molecule has 2 rings (SSSR count). The van der Waals surface area contributed by atoms with E-state index in [4.69, 9.17) is 14.2 Å². The van der Waals surface area contributed by atoms with E-state index in [1.807, 2.05) is 20.8 Å². The van der Waals surface area contributed by atoms with Gasteiger partial charge in [-0.1, -0.05) is 157 Å². The van der Waals surface area contributed by atoms with Gasteiger partial charge in [0.05, 0.1) is 19.8 Å². The van der Waals surface area contributed by atoms with E-state index < -0.39 is 24.7 Å². The molecule has 0 saturated carbocycles. The van der Waals surface area contributed by atoms with Gasteiger partial charge in [-0.25, -0.2) is 4.79 Å². The minimum Gasteiger partial charge on any atom is -0.487 e. The highest BCUT2D eigenvalue weighted by molar-refractivity contribution is 5.77. The molecule has 3 N–H and O–H groups in total. The van der Waals surface area contributed by atoms with Crippen molar-refractivity contribution in [3.8, 4) is 11.5 Å². The molecule has 1 aliphatic rings. The molecule has 1 aromatic carbocycles. The number of unbranched alkanes of at least 4 members (excludes halogenated alkanes) is 12. The van der Waals surface area contributed by atoms with E-state index in [0.29, 0.717) is 12.2 Å². The average molecular weight is 830 g/mol. The lowest BCUT2D eigenvalue weighted by Gasteiger charge is -2.38. The van der Waals surface area contributed by atoms with Crippen molar-refractivity contribution >= 4 is 11.9 Å². The van der Waals surface area contributed by atoms with E-state index in [1.54, 1.807) is 0 Å². The molecule has 1 heterocycles. The van der Waals surface area contributed by atoms with Gasteiger partial charge in [-0.2, -0.15) is 0 Å². The maximum absolute atomic E-state index is 13.1. The van der Waals surface area contributed by atoms with Gasteiger partial charge < -0.3 is 29.7 Å². The lowest BCUT2D eigenvalue weighted by atomic mass is 9.83. The van der Waals surface area contributed by atoms with Crippen LogP contribution in [0.25, 0.3) is 0 Å². The number of ether oxygens (including phenoxy) is 3. The van der Waals surface area contributed by atoms with Crippen molar-refractivity contribution in [2.24, 2.45) is 17.8 Å². The van der Waals surface area contributed by atoms with Crippen molar-refractivity contribution in [2.45, 2.75) is 234 Å². The van der Waals surface area contributed by atoms with Gasteiger partial charge in [0.15, 0.2) is 0 Å². The molecule has 0 radical (unpaired) electrons. The minimum atomic E-state index is -1.38. The van der Waals surface area contributed by atoms with Gasteiger partial charge in [0.25, 0.3) is 0 Å². The molecule has 1 aliphatic heterocycles. The molecule has 0 fully saturated rings. The number of benzene rings is 1. The van der Waals surface area contributed by atoms with Crippen molar-refractivity contribution in [1.82, 2.24) is 5.32 Å². The number of hydrogen-bond donors (Lipinski definition) is 3. The van der Waals surface area contributed by atoms with Crippen molar-refractivity contribution < 1.29 is 34.0 Å². The zero-order valence-electron chi connectivity index (χ0n) is 39.7. The predicted octanol–water partition coefficient (Wildman–Crippen LogP) is 12.4. The van der Waals surface area contributed by atoms with Crippen molar-refractivity contribution in [3.05, 3.63) is 22.3 Å². The number of carbonyl (C=O) groups excluding carboxylic acids is 2. The number of fused-ring (bicyclic) bond motifs is 1. The predicted molar refractivity (Wildman–Crippen MR) is 245 cm³/mol. The highest BCUT2D eigenvalue weighted by Gasteiger charge is 2.35. The molecule has 0 bridgehead atoms. The van der Waals surface area contributed by atoms with Crippen LogP contribution in [0.15, 0.2) is 0 Å². The highest BCUT2D eigenvalue weighted by Crippen LogP contribution is 2.45. The van der Waals surface area contributed by atoms with Crippen LogP contribution >= 0.6 is 0 Å². The minimum absolute atomic E-state index is 0.219. The Morgan fingerprint density at radius 1 is 0.729 bits per heavy atom. The average Bonchev–Trinajstić information content (AvgIpc) is 3.19. The van der Waals surface area contributed by atoms with Crippen LogP contribution in [-0.4, -0.2) is 59.7 Å². The van der Waals surface area contributed by atoms with Crippen LogP contribution in [-0.2, 0) is 20.7 Å². The molecule has 3 atom stereocenters. The van der Waals surface area contributed by atoms with Crippen molar-refractivity contribution in [3.63, 3.8) is 0 Å². The molecule has 0 aliphatic carbocycles. The molecule has 3 unspecified atom stereocenters. The summed E-state index contributed by atoms with van der Waals surface area (Å²) in [6, 6.07) is 0. The quantitative estimate of drug-likeness (QED) is 0.0360. The molecule has 0 spiro atoms. The van der Waals surface area contributed by atoms with E-state index in [9.17, 15) is 19.8 Å². The van der Waals surface area contributed by atoms with Crippen LogP contribution in [0.2, 0.25) is 0 Å². The first kappa shape index (κ1) is 53.0. The zero-order chi connectivity index (χ0) is 43.7. The molecule has 8 nitrogen and oxygen atoms in total. The Hall–Kier alpha value is -2.16. The highest BCUT2D eigenvalue weighted by atomic mass is 16.6. The van der Waals surface area contributed by atoms with Gasteiger partial charge in [-0.05, 0) is 94.2 Å². The van der Waals surface area contributed by atoms with E-state index in [0.717, 1.165) is 90.7 Å². The zero-order valence-corrected chi connectivity index (χ0v) is 39.7. The van der Waals surface area contributed by atoms with Crippen LogP contribution in [0, 0.1) is 38.5 Å². The lowest BCUT2D eigenvalue weighted by molar-refractivity contribution is -0.141. The molecule has 59 heavy (non-hydrogen) atoms. The summed E-state index contributed by atoms with van der Waals surface area (Å²) in [7, 11) is 0. The second-order valence-corrected chi connectivity index (χ2v) is 19.5. The van der Waals surface area contributed by atoms with Crippen LogP contribution in [0.3, 0.4) is 0 Å². The number of carbonyl (C=O) groups is 2. The van der Waals surface area contributed by atoms with Gasteiger partial charge in [0.2, 0.25) is 5.91 Å². The Morgan fingerprint density at radius 2 is 1.25 bits per heavy atom. The third kappa shape index (κ3) is 20.5. The van der Waals surface area contributed by atoms with Gasteiger partial charge in [-0.15, -0.1) is 0 Å². The van der Waals surface area contributed by atoms with Crippen LogP contribution < -0.4 is 14.8 Å². The number of amides is 1. The normalized spacial score (nSPS) is 16.5. The van der Waals surface area contributed by atoms with E-state index in [-0.39, 0.29) is 24.7 Å². The van der Waals surface area contributed by atoms with Crippen molar-refractivity contribution in [2.75, 3.05) is 26.4 Å². The fourth-order valence-corrected chi connectivity index (χ4v) is 8.80. The summed E-state index contributed by atoms with van der Waals surface area (Å²) in [4.78, 5) is 25.8. The van der Waals surface area contributed by atoms with Gasteiger partial charge in [0.1, 0.15) is 29.2 Å². The number of rotatable bonds is 34. The fourth-order valence-electron chi connectivity index (χ4n) is 8.80. The number of hydrogen-bond acceptors (Lipinski definition) is 7. The lowest BCUT2D eigenvalue weighted by Crippen LogP contribution is -2.57. The number of esters is 1. The molecule has 0 aromatic heterocycles. The first-order valence-electron chi connectivity index (χ1n) is 24.3. The Bertz CT molecular complexity index is 1320. The summed E-state index contributed by atoms with van der Waals surface area (Å²) in [5.41, 5.74) is 2.26. The maximum atomic E-state index is 13.1. The Labute approximate surface area is 362 Å². The monoisotopic (exact) mass is 830 g/mol. The summed E-state index contributed by atoms with van der Waals surface area (Å²) in [6.45, 7) is 18.3. The second-order valence-electron chi connectivity index (χ2n) is 19.5. The SMILES string of the molecule is CCCCCCCCCCCCCCCC(=O)NC(CO)(CO)COCC(=O)Oc1c(C)c(C)c2c(c1C)CCC(C)(CCCC(C)CCCC(C)CCCC(C)C)O2. The van der Waals surface area contributed by atoms with E-state index in [2.05, 4.69) is 46.9 Å². The van der Waals surface area contributed by atoms with Crippen LogP contribution in [0.1, 0.15) is 218 Å². The number of aliphatic hydroxyl groups excluding tert-OH is 2. The Morgan fingerprint density at radius 3 is 1.80 bits per heavy atom. The van der Waals surface area contributed by atoms with E-state index >= 15 is 0 Å². The van der Waals surface area contributed by atoms with Crippen LogP contribution in [0.5, 0.6) is 11.5 Å². The molecule has 342 valence electrons. The standard InChI is InChI=1S/C51H91NO7/c1-10-11-12-13-14-15-16-17-18-19-20-21-22-31-46(55)52-51(36-53,37-54)38-57-35-47(56)58-48-42(6)43(7)49-45(44(48)8)32-34-50(9,59-49)33-25-30-41(5)29-24-28-40(4)27-23-26-39(2)3/h39-41,53-54H,10-38H2,1-9H3,(H,52,55). The van der Waals surface area contributed by atoms with Crippen LogP contribution in [0.4, 0.5) is 0 Å². The second kappa shape index (κ2) is 29.2. The topological polar surface area (TPSA) is 114 Å². The first-order valence-corrected chi connectivity index (χ1v) is 24.3. The molecule has 0 saturated heterocycles. The molecule has 1 amide bonds.